The van der Waals surface area contributed by atoms with Gasteiger partial charge in [0.25, 0.3) is 0 Å². The molecule has 0 saturated carbocycles. The Bertz CT molecular complexity index is 696. The highest BCUT2D eigenvalue weighted by atomic mass is 32.2. The van der Waals surface area contributed by atoms with Crippen molar-refractivity contribution in [2.75, 3.05) is 0 Å². The highest BCUT2D eigenvalue weighted by Crippen LogP contribution is 2.36. The number of halogens is 1. The first kappa shape index (κ1) is 14.1. The first-order valence-corrected chi connectivity index (χ1v) is 6.94. The molecule has 1 aromatic carbocycles. The van der Waals surface area contributed by atoms with Gasteiger partial charge in [0.1, 0.15) is 0 Å². The molecule has 0 spiro atoms. The Morgan fingerprint density at radius 2 is 1.79 bits per heavy atom. The molecule has 4 heteroatoms. The molecule has 0 aliphatic rings. The van der Waals surface area contributed by atoms with E-state index in [4.69, 9.17) is 4.42 Å². The lowest BCUT2D eigenvalue weighted by atomic mass is 10.1. The zero-order valence-electron chi connectivity index (χ0n) is 11.8. The van der Waals surface area contributed by atoms with E-state index in [9.17, 15) is 9.18 Å². The number of hydrogen-bond donors (Lipinski definition) is 0. The molecule has 0 fully saturated rings. The van der Waals surface area contributed by atoms with Crippen LogP contribution < -0.4 is 5.63 Å². The minimum atomic E-state index is -0.471. The fourth-order valence-electron chi connectivity index (χ4n) is 1.87. The average molecular weight is 280 g/mol. The molecule has 0 bridgehead atoms. The molecule has 2 nitrogen and oxygen atoms in total. The fraction of sp³-hybridized carbons (Fsp3) is 0.400. The van der Waals surface area contributed by atoms with E-state index in [1.807, 2.05) is 33.8 Å². The van der Waals surface area contributed by atoms with Gasteiger partial charge in [-0.05, 0) is 31.5 Å². The molecule has 2 rings (SSSR count). The third-order valence-corrected chi connectivity index (χ3v) is 4.09. The normalized spacial score (nSPS) is 12.1. The van der Waals surface area contributed by atoms with Crippen LogP contribution in [0.25, 0.3) is 11.0 Å². The van der Waals surface area contributed by atoms with Crippen LogP contribution in [-0.4, -0.2) is 4.75 Å². The minimum absolute atomic E-state index is 0.0577. The van der Waals surface area contributed by atoms with Crippen molar-refractivity contribution in [3.05, 3.63) is 39.5 Å². The molecule has 0 aliphatic heterocycles. The van der Waals surface area contributed by atoms with E-state index >= 15 is 0 Å². The predicted molar refractivity (Wildman–Crippen MR) is 77.5 cm³/mol. The summed E-state index contributed by atoms with van der Waals surface area (Å²) in [5.74, 6) is -0.447. The van der Waals surface area contributed by atoms with Crippen molar-refractivity contribution in [3.8, 4) is 0 Å². The van der Waals surface area contributed by atoms with Crippen LogP contribution in [0.3, 0.4) is 0 Å². The predicted octanol–water partition coefficient (Wildman–Crippen LogP) is 4.44. The Morgan fingerprint density at radius 3 is 2.37 bits per heavy atom. The molecular formula is C15H17FO2S. The zero-order valence-corrected chi connectivity index (χ0v) is 12.6. The average Bonchev–Trinajstić information content (AvgIpc) is 2.29. The summed E-state index contributed by atoms with van der Waals surface area (Å²) in [6.45, 7) is 9.54. The smallest absolute Gasteiger partial charge is 0.339 e. The molecule has 19 heavy (non-hydrogen) atoms. The van der Waals surface area contributed by atoms with Crippen molar-refractivity contribution in [1.82, 2.24) is 0 Å². The Balaban J connectivity index is 2.72. The second-order valence-corrected chi connectivity index (χ2v) is 7.48. The van der Waals surface area contributed by atoms with Crippen molar-refractivity contribution in [2.45, 2.75) is 44.3 Å². The van der Waals surface area contributed by atoms with Crippen molar-refractivity contribution >= 4 is 22.7 Å². The van der Waals surface area contributed by atoms with Gasteiger partial charge in [-0.25, -0.2) is 9.18 Å². The van der Waals surface area contributed by atoms with E-state index in [-0.39, 0.29) is 10.3 Å². The maximum atomic E-state index is 14.4. The highest BCUT2D eigenvalue weighted by molar-refractivity contribution is 8.00. The molecule has 2 aromatic rings. The second kappa shape index (κ2) is 4.67. The van der Waals surface area contributed by atoms with Crippen molar-refractivity contribution < 1.29 is 8.81 Å². The van der Waals surface area contributed by atoms with Gasteiger partial charge in [-0.3, -0.25) is 0 Å². The third-order valence-electron chi connectivity index (χ3n) is 2.95. The van der Waals surface area contributed by atoms with Gasteiger partial charge in [-0.15, -0.1) is 11.8 Å². The Hall–Kier alpha value is -1.29. The summed E-state index contributed by atoms with van der Waals surface area (Å²) in [5.41, 5.74) is 0.893. The van der Waals surface area contributed by atoms with Gasteiger partial charge >= 0.3 is 5.63 Å². The Labute approximate surface area is 116 Å². The van der Waals surface area contributed by atoms with E-state index in [2.05, 4.69) is 0 Å². The van der Waals surface area contributed by atoms with Crippen LogP contribution in [0.2, 0.25) is 0 Å². The topological polar surface area (TPSA) is 30.2 Å². The van der Waals surface area contributed by atoms with E-state index in [0.717, 1.165) is 5.56 Å². The van der Waals surface area contributed by atoms with Crippen LogP contribution in [0.1, 0.15) is 31.9 Å². The van der Waals surface area contributed by atoms with Crippen LogP contribution in [0, 0.1) is 19.7 Å². The summed E-state index contributed by atoms with van der Waals surface area (Å²) >= 11 is 1.42. The number of rotatable bonds is 1. The van der Waals surface area contributed by atoms with Gasteiger partial charge in [0.15, 0.2) is 11.4 Å². The quantitative estimate of drug-likeness (QED) is 0.571. The first-order valence-electron chi connectivity index (χ1n) is 6.12. The molecule has 0 unspecified atom stereocenters. The van der Waals surface area contributed by atoms with Gasteiger partial charge in [-0.1, -0.05) is 20.8 Å². The van der Waals surface area contributed by atoms with Gasteiger partial charge in [0.05, 0.1) is 0 Å². The van der Waals surface area contributed by atoms with Crippen LogP contribution in [0.15, 0.2) is 26.2 Å². The summed E-state index contributed by atoms with van der Waals surface area (Å²) in [4.78, 5) is 12.2. The van der Waals surface area contributed by atoms with Crippen LogP contribution in [0.4, 0.5) is 4.39 Å². The maximum absolute atomic E-state index is 14.4. The van der Waals surface area contributed by atoms with Crippen LogP contribution in [-0.2, 0) is 0 Å². The number of hydrogen-bond acceptors (Lipinski definition) is 3. The van der Waals surface area contributed by atoms with Gasteiger partial charge in [0.2, 0.25) is 0 Å². The molecule has 0 aliphatic carbocycles. The molecule has 0 atom stereocenters. The van der Waals surface area contributed by atoms with Crippen molar-refractivity contribution in [1.29, 1.82) is 0 Å². The summed E-state index contributed by atoms with van der Waals surface area (Å²) in [5, 5.41) is 0.660. The second-order valence-electron chi connectivity index (χ2n) is 5.61. The molecule has 0 N–H and O–H groups in total. The summed E-state index contributed by atoms with van der Waals surface area (Å²) in [6, 6.07) is 3.57. The lowest BCUT2D eigenvalue weighted by molar-refractivity contribution is 0.510. The molecule has 1 heterocycles. The number of thioether (sulfide) groups is 1. The fourth-order valence-corrected chi connectivity index (χ4v) is 2.84. The minimum Gasteiger partial charge on any atom is -0.419 e. The van der Waals surface area contributed by atoms with Crippen LogP contribution >= 0.6 is 11.8 Å². The maximum Gasteiger partial charge on any atom is 0.339 e. The van der Waals surface area contributed by atoms with Crippen LogP contribution in [0.5, 0.6) is 0 Å². The molecule has 1 aromatic heterocycles. The van der Waals surface area contributed by atoms with Gasteiger partial charge < -0.3 is 4.42 Å². The molecular weight excluding hydrogens is 263 g/mol. The standard InChI is InChI=1S/C15H17FO2S/c1-8-9(2)14(17)18-13-10(8)6-7-11(12(13)16)19-15(3,4)5/h6-7H,1-5H3. The van der Waals surface area contributed by atoms with E-state index in [0.29, 0.717) is 15.8 Å². The zero-order chi connectivity index (χ0) is 14.4. The molecule has 0 saturated heterocycles. The summed E-state index contributed by atoms with van der Waals surface area (Å²) < 4.78 is 19.5. The van der Waals surface area contributed by atoms with Gasteiger partial charge in [-0.2, -0.15) is 0 Å². The number of fused-ring (bicyclic) bond motifs is 1. The summed E-state index contributed by atoms with van der Waals surface area (Å²) in [7, 11) is 0. The van der Waals surface area contributed by atoms with Gasteiger partial charge in [0, 0.05) is 20.6 Å². The monoisotopic (exact) mass is 280 g/mol. The number of benzene rings is 1. The molecule has 102 valence electrons. The van der Waals surface area contributed by atoms with Crippen molar-refractivity contribution in [3.63, 3.8) is 0 Å². The lowest BCUT2D eigenvalue weighted by Crippen LogP contribution is -2.09. The molecule has 0 amide bonds. The Kier molecular flexibility index (Phi) is 3.47. The third kappa shape index (κ3) is 2.68. The SMILES string of the molecule is Cc1c(C)c2ccc(SC(C)(C)C)c(F)c2oc1=O. The van der Waals surface area contributed by atoms with E-state index in [1.54, 1.807) is 13.0 Å². The largest absolute Gasteiger partial charge is 0.419 e. The summed E-state index contributed by atoms with van der Waals surface area (Å²) in [6.07, 6.45) is 0. The Morgan fingerprint density at radius 1 is 1.16 bits per heavy atom. The highest BCUT2D eigenvalue weighted by Gasteiger charge is 2.19. The first-order chi connectivity index (χ1) is 8.70. The number of aryl methyl sites for hydroxylation is 1. The lowest BCUT2D eigenvalue weighted by Gasteiger charge is -2.18. The van der Waals surface area contributed by atoms with E-state index in [1.165, 1.54) is 11.8 Å². The molecule has 0 radical (unpaired) electrons. The van der Waals surface area contributed by atoms with Crippen molar-refractivity contribution in [2.24, 2.45) is 0 Å². The van der Waals surface area contributed by atoms with E-state index < -0.39 is 11.4 Å².